The second kappa shape index (κ2) is 4.37. The van der Waals surface area contributed by atoms with Gasteiger partial charge in [0.15, 0.2) is 0 Å². The Balaban J connectivity index is 2.36. The summed E-state index contributed by atoms with van der Waals surface area (Å²) in [4.78, 5) is 13.3. The van der Waals surface area contributed by atoms with Crippen molar-refractivity contribution < 1.29 is 4.79 Å². The summed E-state index contributed by atoms with van der Waals surface area (Å²) in [6.45, 7) is 0.509. The minimum atomic E-state index is -0.0393. The quantitative estimate of drug-likeness (QED) is 0.705. The molecule has 1 fully saturated rings. The molecule has 0 radical (unpaired) electrons. The number of amides is 1. The fourth-order valence-electron chi connectivity index (χ4n) is 1.75. The van der Waals surface area contributed by atoms with Gasteiger partial charge in [0.1, 0.15) is 0 Å². The Morgan fingerprint density at radius 1 is 1.44 bits per heavy atom. The minimum Gasteiger partial charge on any atom is -0.310 e. The van der Waals surface area contributed by atoms with Gasteiger partial charge in [0, 0.05) is 18.9 Å². The molecule has 0 aliphatic carbocycles. The lowest BCUT2D eigenvalue weighted by Crippen LogP contribution is -2.24. The molecule has 1 atom stereocenters. The molecule has 1 saturated heterocycles. The van der Waals surface area contributed by atoms with E-state index in [-0.39, 0.29) is 11.8 Å². The van der Waals surface area contributed by atoms with Crippen LogP contribution in [0.3, 0.4) is 0 Å². The maximum Gasteiger partial charge on any atom is 0.228 e. The largest absolute Gasteiger partial charge is 0.310 e. The van der Waals surface area contributed by atoms with Gasteiger partial charge < -0.3 is 4.90 Å². The van der Waals surface area contributed by atoms with Gasteiger partial charge in [0.2, 0.25) is 5.91 Å². The van der Waals surface area contributed by atoms with Crippen LogP contribution >= 0.6 is 23.2 Å². The molecule has 0 aromatic heterocycles. The standard InChI is InChI=1S/C12H9Cl2NO/c1-2-8-6-11(16)15(7-8)10-5-3-4-9(13)12(10)14/h1,3-5,8H,6-7H2. The van der Waals surface area contributed by atoms with Crippen molar-refractivity contribution in [2.24, 2.45) is 5.92 Å². The third-order valence-corrected chi connectivity index (χ3v) is 3.39. The van der Waals surface area contributed by atoms with Crippen LogP contribution in [0.2, 0.25) is 10.0 Å². The summed E-state index contributed by atoms with van der Waals surface area (Å²) in [5, 5.41) is 0.839. The molecule has 0 bridgehead atoms. The Morgan fingerprint density at radius 2 is 2.19 bits per heavy atom. The summed E-state index contributed by atoms with van der Waals surface area (Å²) < 4.78 is 0. The molecular formula is C12H9Cl2NO. The number of halogens is 2. The number of hydrogen-bond acceptors (Lipinski definition) is 1. The summed E-state index contributed by atoms with van der Waals surface area (Å²) in [5.41, 5.74) is 0.636. The van der Waals surface area contributed by atoms with E-state index < -0.39 is 0 Å². The van der Waals surface area contributed by atoms with Gasteiger partial charge in [-0.05, 0) is 12.1 Å². The summed E-state index contributed by atoms with van der Waals surface area (Å²) in [7, 11) is 0. The molecule has 0 spiro atoms. The summed E-state index contributed by atoms with van der Waals surface area (Å²) in [6.07, 6.45) is 5.69. The molecule has 1 aromatic carbocycles. The predicted molar refractivity (Wildman–Crippen MR) is 65.8 cm³/mol. The Labute approximate surface area is 104 Å². The Bertz CT molecular complexity index is 478. The van der Waals surface area contributed by atoms with Gasteiger partial charge in [-0.25, -0.2) is 0 Å². The normalized spacial score (nSPS) is 19.9. The molecular weight excluding hydrogens is 245 g/mol. The highest BCUT2D eigenvalue weighted by Crippen LogP contribution is 2.35. The molecule has 16 heavy (non-hydrogen) atoms. The van der Waals surface area contributed by atoms with Crippen molar-refractivity contribution in [3.05, 3.63) is 28.2 Å². The van der Waals surface area contributed by atoms with Gasteiger partial charge in [0.05, 0.1) is 15.7 Å². The van der Waals surface area contributed by atoms with Crippen LogP contribution in [0.15, 0.2) is 18.2 Å². The zero-order valence-electron chi connectivity index (χ0n) is 8.41. The second-order valence-electron chi connectivity index (χ2n) is 3.65. The van der Waals surface area contributed by atoms with Gasteiger partial charge in [0.25, 0.3) is 0 Å². The Hall–Kier alpha value is -1.17. The van der Waals surface area contributed by atoms with Crippen LogP contribution in [0.5, 0.6) is 0 Å². The van der Waals surface area contributed by atoms with Crippen molar-refractivity contribution in [3.63, 3.8) is 0 Å². The summed E-state index contributed by atoms with van der Waals surface area (Å²) in [5.74, 6) is 2.54. The van der Waals surface area contributed by atoms with E-state index in [1.54, 1.807) is 23.1 Å². The fourth-order valence-corrected chi connectivity index (χ4v) is 2.15. The highest BCUT2D eigenvalue weighted by atomic mass is 35.5. The van der Waals surface area contributed by atoms with Gasteiger partial charge in [-0.3, -0.25) is 4.79 Å². The number of anilines is 1. The Morgan fingerprint density at radius 3 is 2.81 bits per heavy atom. The molecule has 1 aliphatic heterocycles. The number of terminal acetylenes is 1. The number of carbonyl (C=O) groups excluding carboxylic acids is 1. The topological polar surface area (TPSA) is 20.3 Å². The number of nitrogens with zero attached hydrogens (tertiary/aromatic N) is 1. The number of carbonyl (C=O) groups is 1. The zero-order chi connectivity index (χ0) is 11.7. The molecule has 1 heterocycles. The number of rotatable bonds is 1. The molecule has 82 valence electrons. The van der Waals surface area contributed by atoms with E-state index >= 15 is 0 Å². The maximum atomic E-state index is 11.7. The smallest absolute Gasteiger partial charge is 0.228 e. The van der Waals surface area contributed by atoms with Crippen LogP contribution in [0.1, 0.15) is 6.42 Å². The molecule has 1 aromatic rings. The van der Waals surface area contributed by atoms with E-state index in [2.05, 4.69) is 5.92 Å². The van der Waals surface area contributed by atoms with Gasteiger partial charge in [-0.2, -0.15) is 0 Å². The van der Waals surface area contributed by atoms with Crippen molar-refractivity contribution in [3.8, 4) is 12.3 Å². The zero-order valence-corrected chi connectivity index (χ0v) is 9.92. The van der Waals surface area contributed by atoms with E-state index in [0.717, 1.165) is 0 Å². The molecule has 4 heteroatoms. The third kappa shape index (κ3) is 1.89. The molecule has 1 unspecified atom stereocenters. The molecule has 1 amide bonds. The molecule has 0 N–H and O–H groups in total. The second-order valence-corrected chi connectivity index (χ2v) is 4.43. The van der Waals surface area contributed by atoms with Crippen molar-refractivity contribution >= 4 is 34.8 Å². The minimum absolute atomic E-state index is 0.00730. The van der Waals surface area contributed by atoms with E-state index in [0.29, 0.717) is 28.7 Å². The number of hydrogen-bond donors (Lipinski definition) is 0. The third-order valence-electron chi connectivity index (χ3n) is 2.58. The monoisotopic (exact) mass is 253 g/mol. The van der Waals surface area contributed by atoms with Crippen LogP contribution < -0.4 is 4.90 Å². The van der Waals surface area contributed by atoms with Crippen LogP contribution in [0, 0.1) is 18.3 Å². The van der Waals surface area contributed by atoms with Crippen LogP contribution in [-0.4, -0.2) is 12.5 Å². The average Bonchev–Trinajstić information content (AvgIpc) is 2.64. The predicted octanol–water partition coefficient (Wildman–Crippen LogP) is 2.98. The lowest BCUT2D eigenvalue weighted by atomic mass is 10.1. The molecule has 2 rings (SSSR count). The first-order chi connectivity index (χ1) is 7.63. The summed E-state index contributed by atoms with van der Waals surface area (Å²) >= 11 is 12.0. The average molecular weight is 254 g/mol. The van der Waals surface area contributed by atoms with E-state index in [9.17, 15) is 4.79 Å². The SMILES string of the molecule is C#CC1CC(=O)N(c2cccc(Cl)c2Cl)C1. The van der Waals surface area contributed by atoms with Crippen LogP contribution in [0.25, 0.3) is 0 Å². The molecule has 0 saturated carbocycles. The Kier molecular flexibility index (Phi) is 3.09. The van der Waals surface area contributed by atoms with Crippen molar-refractivity contribution in [1.82, 2.24) is 0 Å². The van der Waals surface area contributed by atoms with Crippen LogP contribution in [0.4, 0.5) is 5.69 Å². The highest BCUT2D eigenvalue weighted by molar-refractivity contribution is 6.44. The fraction of sp³-hybridized carbons (Fsp3) is 0.250. The van der Waals surface area contributed by atoms with Crippen molar-refractivity contribution in [2.75, 3.05) is 11.4 Å². The van der Waals surface area contributed by atoms with Gasteiger partial charge >= 0.3 is 0 Å². The first-order valence-electron chi connectivity index (χ1n) is 4.84. The maximum absolute atomic E-state index is 11.7. The highest BCUT2D eigenvalue weighted by Gasteiger charge is 2.30. The van der Waals surface area contributed by atoms with Gasteiger partial charge in [-0.15, -0.1) is 12.3 Å². The lowest BCUT2D eigenvalue weighted by molar-refractivity contribution is -0.117. The van der Waals surface area contributed by atoms with Crippen LogP contribution in [-0.2, 0) is 4.79 Å². The van der Waals surface area contributed by atoms with Gasteiger partial charge in [-0.1, -0.05) is 29.3 Å². The van der Waals surface area contributed by atoms with Crippen molar-refractivity contribution in [2.45, 2.75) is 6.42 Å². The summed E-state index contributed by atoms with van der Waals surface area (Å²) in [6, 6.07) is 5.22. The van der Waals surface area contributed by atoms with E-state index in [1.165, 1.54) is 0 Å². The van der Waals surface area contributed by atoms with Crippen molar-refractivity contribution in [1.29, 1.82) is 0 Å². The first-order valence-corrected chi connectivity index (χ1v) is 5.59. The first kappa shape index (κ1) is 11.3. The lowest BCUT2D eigenvalue weighted by Gasteiger charge is -2.17. The molecule has 1 aliphatic rings. The molecule has 2 nitrogen and oxygen atoms in total. The van der Waals surface area contributed by atoms with E-state index in [4.69, 9.17) is 29.6 Å². The van der Waals surface area contributed by atoms with E-state index in [1.807, 2.05) is 0 Å². The number of benzene rings is 1.